The molecule has 1 rings (SSSR count). The second-order valence-electron chi connectivity index (χ2n) is 7.71. The van der Waals surface area contributed by atoms with Crippen LogP contribution in [0.2, 0.25) is 0 Å². The molecule has 0 bridgehead atoms. The molecule has 144 valence electrons. The molecule has 2 heteroatoms. The predicted molar refractivity (Wildman–Crippen MR) is 108 cm³/mol. The Bertz CT molecular complexity index is 438. The Morgan fingerprint density at radius 2 is 1.56 bits per heavy atom. The van der Waals surface area contributed by atoms with Crippen LogP contribution in [0.4, 0.5) is 0 Å². The van der Waals surface area contributed by atoms with Crippen LogP contribution in [0.25, 0.3) is 0 Å². The highest BCUT2D eigenvalue weighted by Crippen LogP contribution is 2.28. The molecule has 3 unspecified atom stereocenters. The molecule has 25 heavy (non-hydrogen) atoms. The summed E-state index contributed by atoms with van der Waals surface area (Å²) >= 11 is 0. The molecule has 0 saturated carbocycles. The van der Waals surface area contributed by atoms with E-state index in [1.807, 2.05) is 6.92 Å². The first-order valence-corrected chi connectivity index (χ1v) is 10.4. The lowest BCUT2D eigenvalue weighted by Crippen LogP contribution is -2.18. The summed E-state index contributed by atoms with van der Waals surface area (Å²) in [6.07, 6.45) is 7.16. The van der Waals surface area contributed by atoms with E-state index in [4.69, 9.17) is 9.47 Å². The van der Waals surface area contributed by atoms with Crippen LogP contribution in [0, 0.1) is 11.8 Å². The van der Waals surface area contributed by atoms with Gasteiger partial charge in [0.25, 0.3) is 0 Å². The Morgan fingerprint density at radius 1 is 0.880 bits per heavy atom. The van der Waals surface area contributed by atoms with Crippen LogP contribution in [0.5, 0.6) is 5.75 Å². The molecule has 2 nitrogen and oxygen atoms in total. The summed E-state index contributed by atoms with van der Waals surface area (Å²) in [6.45, 7) is 14.2. The minimum Gasteiger partial charge on any atom is -0.465 e. The van der Waals surface area contributed by atoms with Gasteiger partial charge in [0, 0.05) is 0 Å². The highest BCUT2D eigenvalue weighted by molar-refractivity contribution is 5.29. The standard InChI is InChI=1S/C23H40O2/c1-7-10-20(8-2)15-16-24-19(6)25-23-13-11-22(12-14-23)21(9-3)17-18(4)5/h11-14,18-21H,7-10,15-17H2,1-6H3. The van der Waals surface area contributed by atoms with E-state index in [2.05, 4.69) is 58.9 Å². The van der Waals surface area contributed by atoms with E-state index in [1.54, 1.807) is 0 Å². The Labute approximate surface area is 156 Å². The second-order valence-corrected chi connectivity index (χ2v) is 7.71. The van der Waals surface area contributed by atoms with Crippen LogP contribution >= 0.6 is 0 Å². The van der Waals surface area contributed by atoms with Gasteiger partial charge in [-0.05, 0) is 61.6 Å². The van der Waals surface area contributed by atoms with Gasteiger partial charge >= 0.3 is 0 Å². The van der Waals surface area contributed by atoms with Crippen molar-refractivity contribution < 1.29 is 9.47 Å². The smallest absolute Gasteiger partial charge is 0.196 e. The van der Waals surface area contributed by atoms with E-state index in [0.29, 0.717) is 5.92 Å². The van der Waals surface area contributed by atoms with Crippen molar-refractivity contribution in [3.8, 4) is 5.75 Å². The maximum absolute atomic E-state index is 5.92. The molecule has 0 heterocycles. The van der Waals surface area contributed by atoms with Crippen molar-refractivity contribution in [1.29, 1.82) is 0 Å². The molecule has 0 spiro atoms. The van der Waals surface area contributed by atoms with Crippen LogP contribution in [0.15, 0.2) is 24.3 Å². The van der Waals surface area contributed by atoms with Crippen molar-refractivity contribution in [2.45, 2.75) is 92.3 Å². The summed E-state index contributed by atoms with van der Waals surface area (Å²) in [5.41, 5.74) is 1.42. The third-order valence-corrected chi connectivity index (χ3v) is 5.06. The van der Waals surface area contributed by atoms with Crippen LogP contribution in [0.3, 0.4) is 0 Å². The quantitative estimate of drug-likeness (QED) is 0.351. The lowest BCUT2D eigenvalue weighted by atomic mass is 9.88. The molecule has 0 radical (unpaired) electrons. The Hall–Kier alpha value is -1.02. The maximum Gasteiger partial charge on any atom is 0.196 e. The lowest BCUT2D eigenvalue weighted by Gasteiger charge is -2.20. The molecule has 0 aliphatic carbocycles. The molecule has 0 saturated heterocycles. The second kappa shape index (κ2) is 12.4. The van der Waals surface area contributed by atoms with Crippen molar-refractivity contribution in [3.05, 3.63) is 29.8 Å². The van der Waals surface area contributed by atoms with Crippen molar-refractivity contribution >= 4 is 0 Å². The zero-order valence-electron chi connectivity index (χ0n) is 17.4. The fraction of sp³-hybridized carbons (Fsp3) is 0.739. The monoisotopic (exact) mass is 348 g/mol. The first-order chi connectivity index (χ1) is 12.0. The molecule has 0 aliphatic rings. The summed E-state index contributed by atoms with van der Waals surface area (Å²) in [5, 5.41) is 0. The van der Waals surface area contributed by atoms with Crippen molar-refractivity contribution in [1.82, 2.24) is 0 Å². The zero-order valence-corrected chi connectivity index (χ0v) is 17.4. The Balaban J connectivity index is 2.43. The largest absolute Gasteiger partial charge is 0.465 e. The number of hydrogen-bond donors (Lipinski definition) is 0. The minimum absolute atomic E-state index is 0.192. The average Bonchev–Trinajstić information content (AvgIpc) is 2.59. The SMILES string of the molecule is CCCC(CC)CCOC(C)Oc1ccc(C(CC)CC(C)C)cc1. The van der Waals surface area contributed by atoms with Gasteiger partial charge in [-0.25, -0.2) is 0 Å². The number of benzene rings is 1. The highest BCUT2D eigenvalue weighted by Gasteiger charge is 2.12. The van der Waals surface area contributed by atoms with Crippen LogP contribution in [-0.2, 0) is 4.74 Å². The molecular weight excluding hydrogens is 308 g/mol. The molecule has 3 atom stereocenters. The van der Waals surface area contributed by atoms with E-state index >= 15 is 0 Å². The predicted octanol–water partition coefficient (Wildman–Crippen LogP) is 7.18. The topological polar surface area (TPSA) is 18.5 Å². The van der Waals surface area contributed by atoms with Gasteiger partial charge in [-0.2, -0.15) is 0 Å². The molecule has 0 N–H and O–H groups in total. The van der Waals surface area contributed by atoms with Gasteiger partial charge in [-0.15, -0.1) is 0 Å². The Morgan fingerprint density at radius 3 is 2.08 bits per heavy atom. The minimum atomic E-state index is -0.192. The van der Waals surface area contributed by atoms with Gasteiger partial charge in [0.1, 0.15) is 5.75 Å². The van der Waals surface area contributed by atoms with Crippen molar-refractivity contribution in [2.24, 2.45) is 11.8 Å². The first-order valence-electron chi connectivity index (χ1n) is 10.4. The van der Waals surface area contributed by atoms with Gasteiger partial charge in [-0.3, -0.25) is 0 Å². The van der Waals surface area contributed by atoms with E-state index < -0.39 is 0 Å². The molecule has 0 amide bonds. The number of hydrogen-bond acceptors (Lipinski definition) is 2. The molecular formula is C23H40O2. The summed E-state index contributed by atoms with van der Waals surface area (Å²) in [4.78, 5) is 0. The molecule has 0 aliphatic heterocycles. The zero-order chi connectivity index (χ0) is 18.7. The molecule has 0 aromatic heterocycles. The van der Waals surface area contributed by atoms with Gasteiger partial charge in [-0.1, -0.05) is 66.0 Å². The number of rotatable bonds is 13. The summed E-state index contributed by atoms with van der Waals surface area (Å²) in [6, 6.07) is 8.61. The van der Waals surface area contributed by atoms with E-state index in [0.717, 1.165) is 30.6 Å². The molecule has 0 fully saturated rings. The summed E-state index contributed by atoms with van der Waals surface area (Å²) < 4.78 is 11.8. The Kier molecular flexibility index (Phi) is 10.9. The third-order valence-electron chi connectivity index (χ3n) is 5.06. The van der Waals surface area contributed by atoms with E-state index in [9.17, 15) is 0 Å². The van der Waals surface area contributed by atoms with E-state index in [-0.39, 0.29) is 6.29 Å². The van der Waals surface area contributed by atoms with E-state index in [1.165, 1.54) is 37.7 Å². The third kappa shape index (κ3) is 8.76. The summed E-state index contributed by atoms with van der Waals surface area (Å²) in [5.74, 6) is 3.06. The number of ether oxygens (including phenoxy) is 2. The molecule has 1 aromatic carbocycles. The normalized spacial score (nSPS) is 15.2. The van der Waals surface area contributed by atoms with Gasteiger partial charge in [0.05, 0.1) is 6.61 Å². The van der Waals surface area contributed by atoms with Gasteiger partial charge in [0.2, 0.25) is 0 Å². The average molecular weight is 349 g/mol. The van der Waals surface area contributed by atoms with Crippen molar-refractivity contribution in [2.75, 3.05) is 6.61 Å². The lowest BCUT2D eigenvalue weighted by molar-refractivity contribution is -0.0706. The van der Waals surface area contributed by atoms with Crippen LogP contribution in [0.1, 0.15) is 91.5 Å². The van der Waals surface area contributed by atoms with Crippen LogP contribution < -0.4 is 4.74 Å². The fourth-order valence-electron chi connectivity index (χ4n) is 3.51. The summed E-state index contributed by atoms with van der Waals surface area (Å²) in [7, 11) is 0. The fourth-order valence-corrected chi connectivity index (χ4v) is 3.51. The van der Waals surface area contributed by atoms with Gasteiger partial charge in [0.15, 0.2) is 6.29 Å². The van der Waals surface area contributed by atoms with Crippen molar-refractivity contribution in [3.63, 3.8) is 0 Å². The highest BCUT2D eigenvalue weighted by atomic mass is 16.7. The first kappa shape index (κ1) is 22.0. The van der Waals surface area contributed by atoms with Gasteiger partial charge < -0.3 is 9.47 Å². The maximum atomic E-state index is 5.92. The molecule has 1 aromatic rings. The van der Waals surface area contributed by atoms with Crippen LogP contribution in [-0.4, -0.2) is 12.9 Å².